The van der Waals surface area contributed by atoms with Crippen LogP contribution in [0.25, 0.3) is 0 Å². The summed E-state index contributed by atoms with van der Waals surface area (Å²) in [7, 11) is 1.38. The van der Waals surface area contributed by atoms with E-state index in [-0.39, 0.29) is 23.8 Å². The van der Waals surface area contributed by atoms with Crippen LogP contribution in [0.15, 0.2) is 18.2 Å². The van der Waals surface area contributed by atoms with Crippen molar-refractivity contribution in [2.75, 3.05) is 32.1 Å². The lowest BCUT2D eigenvalue weighted by Crippen LogP contribution is -2.31. The van der Waals surface area contributed by atoms with Crippen LogP contribution in [0.4, 0.5) is 11.4 Å². The van der Waals surface area contributed by atoms with Gasteiger partial charge in [0.2, 0.25) is 5.91 Å². The fraction of sp³-hybridized carbons (Fsp3) is 0.500. The van der Waals surface area contributed by atoms with E-state index < -0.39 is 4.92 Å². The molecule has 1 rings (SSSR count). The lowest BCUT2D eigenvalue weighted by Gasteiger charge is -2.18. The number of nitro groups is 1. The molecule has 0 saturated heterocycles. The summed E-state index contributed by atoms with van der Waals surface area (Å²) >= 11 is 0. The Labute approximate surface area is 124 Å². The van der Waals surface area contributed by atoms with Gasteiger partial charge in [0.25, 0.3) is 0 Å². The molecule has 0 unspecified atom stereocenters. The summed E-state index contributed by atoms with van der Waals surface area (Å²) in [6.07, 6.45) is 0.288. The largest absolute Gasteiger partial charge is 0.490 e. The van der Waals surface area contributed by atoms with E-state index in [9.17, 15) is 14.9 Å². The number of anilines is 1. The number of amides is 1. The average Bonchev–Trinajstić information content (AvgIpc) is 2.47. The van der Waals surface area contributed by atoms with Crippen LogP contribution in [-0.2, 0) is 4.79 Å². The minimum Gasteiger partial charge on any atom is -0.490 e. The molecule has 7 nitrogen and oxygen atoms in total. The Hall–Kier alpha value is -2.31. The molecule has 0 aliphatic rings. The van der Waals surface area contributed by atoms with Crippen LogP contribution in [0.1, 0.15) is 20.3 Å². The van der Waals surface area contributed by atoms with Gasteiger partial charge in [0.05, 0.1) is 12.0 Å². The number of para-hydroxylation sites is 1. The zero-order valence-electron chi connectivity index (χ0n) is 12.6. The molecule has 0 fully saturated rings. The van der Waals surface area contributed by atoms with Gasteiger partial charge in [0.1, 0.15) is 5.69 Å². The SMILES string of the molecule is CCN(CC)C(=O)CCNc1cccc(OC)c1[N+](=O)[O-]. The molecule has 0 aromatic heterocycles. The van der Waals surface area contributed by atoms with Crippen molar-refractivity contribution in [1.29, 1.82) is 0 Å². The first-order valence-electron chi connectivity index (χ1n) is 6.88. The molecule has 116 valence electrons. The van der Waals surface area contributed by atoms with Crippen molar-refractivity contribution in [2.45, 2.75) is 20.3 Å². The van der Waals surface area contributed by atoms with Crippen LogP contribution in [0.3, 0.4) is 0 Å². The topological polar surface area (TPSA) is 84.7 Å². The number of carbonyl (C=O) groups is 1. The number of carbonyl (C=O) groups excluding carboxylic acids is 1. The number of benzene rings is 1. The molecule has 0 aliphatic heterocycles. The van der Waals surface area contributed by atoms with Crippen molar-refractivity contribution in [3.05, 3.63) is 28.3 Å². The number of hydrogen-bond acceptors (Lipinski definition) is 5. The first-order valence-corrected chi connectivity index (χ1v) is 6.88. The molecule has 0 aliphatic carbocycles. The Morgan fingerprint density at radius 2 is 2.05 bits per heavy atom. The lowest BCUT2D eigenvalue weighted by atomic mass is 10.2. The molecule has 1 N–H and O–H groups in total. The molecule has 1 amide bonds. The lowest BCUT2D eigenvalue weighted by molar-refractivity contribution is -0.384. The number of hydrogen-bond donors (Lipinski definition) is 1. The first kappa shape index (κ1) is 16.7. The van der Waals surface area contributed by atoms with Crippen molar-refractivity contribution < 1.29 is 14.5 Å². The second-order valence-corrected chi connectivity index (χ2v) is 4.36. The summed E-state index contributed by atoms with van der Waals surface area (Å²) in [5.41, 5.74) is 0.238. The summed E-state index contributed by atoms with van der Waals surface area (Å²) in [5, 5.41) is 14.0. The number of nitro benzene ring substituents is 1. The van der Waals surface area contributed by atoms with Gasteiger partial charge in [-0.05, 0) is 26.0 Å². The molecular formula is C14H21N3O4. The average molecular weight is 295 g/mol. The normalized spacial score (nSPS) is 10.0. The van der Waals surface area contributed by atoms with E-state index in [2.05, 4.69) is 5.32 Å². The predicted octanol–water partition coefficient (Wildman–Crippen LogP) is 2.27. The zero-order valence-corrected chi connectivity index (χ0v) is 12.6. The van der Waals surface area contributed by atoms with Crippen LogP contribution in [0.5, 0.6) is 5.75 Å². The van der Waals surface area contributed by atoms with Gasteiger partial charge in [0, 0.05) is 26.1 Å². The summed E-state index contributed by atoms with van der Waals surface area (Å²) in [6.45, 7) is 5.50. The summed E-state index contributed by atoms with van der Waals surface area (Å²) in [6, 6.07) is 4.80. The number of nitrogens with zero attached hydrogens (tertiary/aromatic N) is 2. The van der Waals surface area contributed by atoms with Gasteiger partial charge in [-0.2, -0.15) is 0 Å². The monoisotopic (exact) mass is 295 g/mol. The van der Waals surface area contributed by atoms with Gasteiger partial charge in [-0.3, -0.25) is 14.9 Å². The Morgan fingerprint density at radius 3 is 2.57 bits per heavy atom. The smallest absolute Gasteiger partial charge is 0.333 e. The second kappa shape index (κ2) is 8.08. The molecule has 0 bridgehead atoms. The molecule has 0 atom stereocenters. The molecule has 0 saturated carbocycles. The fourth-order valence-corrected chi connectivity index (χ4v) is 2.06. The van der Waals surface area contributed by atoms with E-state index in [4.69, 9.17) is 4.74 Å². The van der Waals surface area contributed by atoms with E-state index in [0.717, 1.165) is 0 Å². The number of rotatable bonds is 8. The van der Waals surface area contributed by atoms with E-state index in [1.54, 1.807) is 17.0 Å². The van der Waals surface area contributed by atoms with Gasteiger partial charge in [0.15, 0.2) is 5.75 Å². The number of ether oxygens (including phenoxy) is 1. The molecule has 0 radical (unpaired) electrons. The first-order chi connectivity index (χ1) is 10.0. The van der Waals surface area contributed by atoms with Gasteiger partial charge < -0.3 is 15.0 Å². The quantitative estimate of drug-likeness (QED) is 0.587. The minimum absolute atomic E-state index is 0.0260. The number of nitrogens with one attached hydrogen (secondary N) is 1. The van der Waals surface area contributed by atoms with Gasteiger partial charge in [-0.25, -0.2) is 0 Å². The van der Waals surface area contributed by atoms with Crippen molar-refractivity contribution in [1.82, 2.24) is 4.90 Å². The van der Waals surface area contributed by atoms with Crippen LogP contribution in [0, 0.1) is 10.1 Å². The predicted molar refractivity (Wildman–Crippen MR) is 80.7 cm³/mol. The summed E-state index contributed by atoms with van der Waals surface area (Å²) < 4.78 is 4.99. The highest BCUT2D eigenvalue weighted by Gasteiger charge is 2.20. The van der Waals surface area contributed by atoms with E-state index in [1.807, 2.05) is 13.8 Å². The highest BCUT2D eigenvalue weighted by atomic mass is 16.6. The van der Waals surface area contributed by atoms with E-state index >= 15 is 0 Å². The minimum atomic E-state index is -0.493. The van der Waals surface area contributed by atoms with Crippen LogP contribution < -0.4 is 10.1 Å². The molecule has 1 aromatic rings. The van der Waals surface area contributed by atoms with Gasteiger partial charge in [-0.15, -0.1) is 0 Å². The summed E-state index contributed by atoms with van der Waals surface area (Å²) in [5.74, 6) is 0.220. The van der Waals surface area contributed by atoms with E-state index in [1.165, 1.54) is 13.2 Å². The Balaban J connectivity index is 2.72. The third-order valence-corrected chi connectivity index (χ3v) is 3.17. The molecule has 0 heterocycles. The Bertz CT molecular complexity index is 501. The Morgan fingerprint density at radius 1 is 1.38 bits per heavy atom. The highest BCUT2D eigenvalue weighted by molar-refractivity contribution is 5.77. The second-order valence-electron chi connectivity index (χ2n) is 4.36. The maximum Gasteiger partial charge on any atom is 0.333 e. The number of methoxy groups -OCH3 is 1. The highest BCUT2D eigenvalue weighted by Crippen LogP contribution is 2.34. The molecule has 1 aromatic carbocycles. The van der Waals surface area contributed by atoms with Crippen molar-refractivity contribution in [3.8, 4) is 5.75 Å². The van der Waals surface area contributed by atoms with E-state index in [0.29, 0.717) is 25.3 Å². The Kier molecular flexibility index (Phi) is 6.45. The van der Waals surface area contributed by atoms with Gasteiger partial charge >= 0.3 is 5.69 Å². The third-order valence-electron chi connectivity index (χ3n) is 3.17. The van der Waals surface area contributed by atoms with Crippen molar-refractivity contribution in [3.63, 3.8) is 0 Å². The van der Waals surface area contributed by atoms with Crippen LogP contribution in [-0.4, -0.2) is 42.5 Å². The van der Waals surface area contributed by atoms with Crippen LogP contribution >= 0.6 is 0 Å². The van der Waals surface area contributed by atoms with Crippen LogP contribution in [0.2, 0.25) is 0 Å². The fourth-order valence-electron chi connectivity index (χ4n) is 2.06. The zero-order chi connectivity index (χ0) is 15.8. The molecule has 21 heavy (non-hydrogen) atoms. The molecular weight excluding hydrogens is 274 g/mol. The van der Waals surface area contributed by atoms with Crippen molar-refractivity contribution >= 4 is 17.3 Å². The molecule has 7 heteroatoms. The maximum absolute atomic E-state index is 11.9. The maximum atomic E-state index is 11.9. The van der Waals surface area contributed by atoms with Gasteiger partial charge in [-0.1, -0.05) is 6.07 Å². The summed E-state index contributed by atoms with van der Waals surface area (Å²) in [4.78, 5) is 24.2. The third kappa shape index (κ3) is 4.34. The molecule has 0 spiro atoms. The van der Waals surface area contributed by atoms with Crippen molar-refractivity contribution in [2.24, 2.45) is 0 Å². The standard InChI is InChI=1S/C14H21N3O4/c1-4-16(5-2)13(18)9-10-15-11-7-6-8-12(21-3)14(11)17(19)20/h6-8,15H,4-5,9-10H2,1-3H3.